The van der Waals surface area contributed by atoms with Gasteiger partial charge in [0.2, 0.25) is 21.7 Å². The maximum Gasteiger partial charge on any atom is 0.253 e. The van der Waals surface area contributed by atoms with Crippen LogP contribution in [0.5, 0.6) is 0 Å². The molecule has 0 aromatic heterocycles. The zero-order valence-electron chi connectivity index (χ0n) is 22.9. The molecule has 3 N–H and O–H groups in total. The van der Waals surface area contributed by atoms with Crippen LogP contribution in [0.25, 0.3) is 0 Å². The number of fused-ring (bicyclic) bond motifs is 1. The third kappa shape index (κ3) is 6.48. The molecule has 0 radical (unpaired) electrons. The number of rotatable bonds is 8. The largest absolute Gasteiger partial charge is 0.379 e. The lowest BCUT2D eigenvalue weighted by atomic mass is 9.92. The maximum absolute atomic E-state index is 13.1. The third-order valence-electron chi connectivity index (χ3n) is 7.27. The Labute approximate surface area is 243 Å². The van der Waals surface area contributed by atoms with Gasteiger partial charge in [0.15, 0.2) is 5.78 Å². The fourth-order valence-corrected chi connectivity index (χ4v) is 5.90. The Morgan fingerprint density at radius 3 is 2.19 bits per heavy atom. The smallest absolute Gasteiger partial charge is 0.253 e. The third-order valence-corrected chi connectivity index (χ3v) is 8.69. The lowest BCUT2D eigenvalue weighted by Gasteiger charge is -2.33. The lowest BCUT2D eigenvalue weighted by Crippen LogP contribution is -2.45. The van der Waals surface area contributed by atoms with Gasteiger partial charge in [-0.3, -0.25) is 19.2 Å². The molecule has 2 amide bonds. The van der Waals surface area contributed by atoms with Crippen molar-refractivity contribution >= 4 is 39.1 Å². The zero-order valence-corrected chi connectivity index (χ0v) is 23.7. The number of nitrogens with one attached hydrogen (secondary N) is 3. The Bertz CT molecular complexity index is 1670. The van der Waals surface area contributed by atoms with Crippen molar-refractivity contribution in [2.75, 3.05) is 25.0 Å². The number of allylic oxidation sites excluding steroid dienone is 2. The lowest BCUT2D eigenvalue weighted by molar-refractivity contribution is -0.115. The molecule has 42 heavy (non-hydrogen) atoms. The van der Waals surface area contributed by atoms with Crippen molar-refractivity contribution in [2.24, 2.45) is 0 Å². The van der Waals surface area contributed by atoms with E-state index in [1.54, 1.807) is 65.6 Å². The summed E-state index contributed by atoms with van der Waals surface area (Å²) >= 11 is 0. The van der Waals surface area contributed by atoms with Crippen LogP contribution in [-0.2, 0) is 14.8 Å². The van der Waals surface area contributed by atoms with E-state index < -0.39 is 22.5 Å². The second-order valence-corrected chi connectivity index (χ2v) is 12.0. The molecular weight excluding hydrogens is 556 g/mol. The molecule has 1 aliphatic heterocycles. The van der Waals surface area contributed by atoms with Crippen LogP contribution in [0, 0.1) is 6.92 Å². The van der Waals surface area contributed by atoms with Crippen molar-refractivity contribution in [1.82, 2.24) is 14.9 Å². The minimum Gasteiger partial charge on any atom is -0.379 e. The van der Waals surface area contributed by atoms with E-state index in [0.29, 0.717) is 48.3 Å². The first-order valence-electron chi connectivity index (χ1n) is 13.5. The minimum atomic E-state index is -3.82. The van der Waals surface area contributed by atoms with E-state index in [0.717, 1.165) is 5.56 Å². The summed E-state index contributed by atoms with van der Waals surface area (Å²) in [5.41, 5.74) is 2.88. The van der Waals surface area contributed by atoms with Gasteiger partial charge in [0.05, 0.1) is 17.1 Å². The summed E-state index contributed by atoms with van der Waals surface area (Å²) in [6.45, 7) is 2.36. The molecule has 3 aromatic carbocycles. The number of benzene rings is 3. The number of Topliss-reactive ketones (excluding diaryl/α,β-unsaturated/α-hetero) is 1. The minimum absolute atomic E-state index is 0.0525. The fourth-order valence-electron chi connectivity index (χ4n) is 4.91. The van der Waals surface area contributed by atoms with Crippen LogP contribution >= 0.6 is 0 Å². The number of aryl methyl sites for hydroxylation is 1. The first-order chi connectivity index (χ1) is 20.1. The van der Waals surface area contributed by atoms with E-state index in [1.165, 1.54) is 18.2 Å². The van der Waals surface area contributed by atoms with Gasteiger partial charge < -0.3 is 15.5 Å². The van der Waals surface area contributed by atoms with Gasteiger partial charge in [0, 0.05) is 47.6 Å². The number of nitrogens with zero attached hydrogens (tertiary/aromatic N) is 1. The normalized spacial score (nSPS) is 15.5. The average Bonchev–Trinajstić information content (AvgIpc) is 2.99. The van der Waals surface area contributed by atoms with Crippen molar-refractivity contribution < 1.29 is 27.6 Å². The summed E-state index contributed by atoms with van der Waals surface area (Å²) in [5.74, 6) is -1.12. The molecule has 10 nitrogen and oxygen atoms in total. The zero-order chi connectivity index (χ0) is 29.9. The number of sulfonamides is 1. The molecule has 0 unspecified atom stereocenters. The summed E-state index contributed by atoms with van der Waals surface area (Å²) in [5, 5.41) is 5.83. The van der Waals surface area contributed by atoms with E-state index in [9.17, 15) is 27.6 Å². The van der Waals surface area contributed by atoms with Crippen molar-refractivity contribution in [3.63, 3.8) is 0 Å². The van der Waals surface area contributed by atoms with Gasteiger partial charge in [0.25, 0.3) is 5.91 Å². The Morgan fingerprint density at radius 1 is 0.881 bits per heavy atom. The maximum atomic E-state index is 13.1. The molecule has 5 rings (SSSR count). The molecule has 1 aliphatic carbocycles. The first kappa shape index (κ1) is 28.9. The molecule has 0 saturated carbocycles. The summed E-state index contributed by atoms with van der Waals surface area (Å²) in [4.78, 5) is 52.4. The van der Waals surface area contributed by atoms with Crippen molar-refractivity contribution in [3.05, 3.63) is 107 Å². The topological polar surface area (TPSA) is 142 Å². The van der Waals surface area contributed by atoms with Crippen LogP contribution in [0.1, 0.15) is 49.5 Å². The van der Waals surface area contributed by atoms with E-state index in [-0.39, 0.29) is 34.1 Å². The molecule has 0 atom stereocenters. The summed E-state index contributed by atoms with van der Waals surface area (Å²) in [7, 11) is -3.82. The number of amides is 2. The number of hydrogen-bond acceptors (Lipinski definition) is 7. The van der Waals surface area contributed by atoms with E-state index in [1.807, 2.05) is 6.92 Å². The van der Waals surface area contributed by atoms with Crippen LogP contribution in [0.4, 0.5) is 5.69 Å². The molecular formula is C31H30N4O6S. The molecule has 0 spiro atoms. The monoisotopic (exact) mass is 586 g/mol. The highest BCUT2D eigenvalue weighted by atomic mass is 32.2. The van der Waals surface area contributed by atoms with Gasteiger partial charge >= 0.3 is 0 Å². The second-order valence-electron chi connectivity index (χ2n) is 10.3. The van der Waals surface area contributed by atoms with Crippen molar-refractivity contribution in [3.8, 4) is 0 Å². The standard InChI is InChI=1S/C31H30N4O6S/c1-20-6-12-24(13-7-20)42(40,41)32-19-29(37)34-22-10-8-21(9-11-22)31(39)35-16-14-23(15-17-35)33-27-18-28(36)25-4-2-3-5-26(25)30(27)38/h2-13,18,23,32-33H,14-17,19H2,1H3,(H,34,37). The molecule has 0 bridgehead atoms. The molecule has 11 heteroatoms. The van der Waals surface area contributed by atoms with Crippen molar-refractivity contribution in [2.45, 2.75) is 30.7 Å². The Balaban J connectivity index is 1.10. The Kier molecular flexibility index (Phi) is 8.32. The van der Waals surface area contributed by atoms with Gasteiger partial charge in [-0.05, 0) is 56.2 Å². The van der Waals surface area contributed by atoms with E-state index >= 15 is 0 Å². The SMILES string of the molecule is Cc1ccc(S(=O)(=O)NCC(=O)Nc2ccc(C(=O)N3CCC(NC4=CC(=O)c5ccccc5C4=O)CC3)cc2)cc1. The van der Waals surface area contributed by atoms with Crippen LogP contribution in [-0.4, -0.2) is 62.4 Å². The Hall–Kier alpha value is -4.61. The molecule has 1 fully saturated rings. The fraction of sp³-hybridized carbons (Fsp3) is 0.226. The van der Waals surface area contributed by atoms with E-state index in [2.05, 4.69) is 15.4 Å². The quantitative estimate of drug-likeness (QED) is 0.368. The van der Waals surface area contributed by atoms with Gasteiger partial charge in [-0.25, -0.2) is 13.1 Å². The van der Waals surface area contributed by atoms with Crippen LogP contribution < -0.4 is 15.4 Å². The molecule has 1 saturated heterocycles. The van der Waals surface area contributed by atoms with Gasteiger partial charge in [-0.15, -0.1) is 0 Å². The second kappa shape index (κ2) is 12.1. The molecule has 2 aliphatic rings. The van der Waals surface area contributed by atoms with E-state index in [4.69, 9.17) is 0 Å². The van der Waals surface area contributed by atoms with Gasteiger partial charge in [-0.1, -0.05) is 42.0 Å². The van der Waals surface area contributed by atoms with Gasteiger partial charge in [-0.2, -0.15) is 0 Å². The molecule has 216 valence electrons. The average molecular weight is 587 g/mol. The first-order valence-corrected chi connectivity index (χ1v) is 15.0. The number of likely N-dealkylation sites (tertiary alicyclic amines) is 1. The number of carbonyl (C=O) groups excluding carboxylic acids is 4. The number of hydrogen-bond donors (Lipinski definition) is 3. The summed E-state index contributed by atoms with van der Waals surface area (Å²) < 4.78 is 27.1. The van der Waals surface area contributed by atoms with Crippen molar-refractivity contribution in [1.29, 1.82) is 0 Å². The van der Waals surface area contributed by atoms with Crippen LogP contribution in [0.2, 0.25) is 0 Å². The van der Waals surface area contributed by atoms with Crippen LogP contribution in [0.15, 0.2) is 89.5 Å². The number of ketones is 2. The predicted molar refractivity (Wildman–Crippen MR) is 157 cm³/mol. The van der Waals surface area contributed by atoms with Gasteiger partial charge in [0.1, 0.15) is 0 Å². The summed E-state index contributed by atoms with van der Waals surface area (Å²) in [6, 6.07) is 19.4. The number of anilines is 1. The number of piperidine rings is 1. The Morgan fingerprint density at radius 2 is 1.52 bits per heavy atom. The highest BCUT2D eigenvalue weighted by molar-refractivity contribution is 7.89. The summed E-state index contributed by atoms with van der Waals surface area (Å²) in [6.07, 6.45) is 2.57. The predicted octanol–water partition coefficient (Wildman–Crippen LogP) is 3.07. The highest BCUT2D eigenvalue weighted by Crippen LogP contribution is 2.22. The number of carbonyl (C=O) groups is 4. The van der Waals surface area contributed by atoms with Crippen LogP contribution in [0.3, 0.4) is 0 Å². The molecule has 3 aromatic rings. The molecule has 1 heterocycles. The highest BCUT2D eigenvalue weighted by Gasteiger charge is 2.29.